The van der Waals surface area contributed by atoms with Crippen LogP contribution in [-0.2, 0) is 10.0 Å². The molecule has 1 aromatic rings. The number of benzene rings is 1. The van der Waals surface area contributed by atoms with Crippen molar-refractivity contribution in [2.75, 3.05) is 6.61 Å². The van der Waals surface area contributed by atoms with Crippen LogP contribution >= 0.6 is 11.6 Å². The Bertz CT molecular complexity index is 583. The van der Waals surface area contributed by atoms with Crippen molar-refractivity contribution in [1.29, 1.82) is 0 Å². The summed E-state index contributed by atoms with van der Waals surface area (Å²) >= 11 is 5.72. The van der Waals surface area contributed by atoms with E-state index in [-0.39, 0.29) is 28.2 Å². The van der Waals surface area contributed by atoms with Crippen LogP contribution in [0, 0.1) is 5.92 Å². The number of ether oxygens (including phenoxy) is 1. The highest BCUT2D eigenvalue weighted by Crippen LogP contribution is 2.28. The first-order valence-corrected chi connectivity index (χ1v) is 7.91. The number of nitrogens with one attached hydrogen (secondary N) is 1. The lowest BCUT2D eigenvalue weighted by molar-refractivity contribution is -0.0498. The van der Waals surface area contributed by atoms with Crippen LogP contribution in [0.2, 0.25) is 5.02 Å². The third kappa shape index (κ3) is 5.06. The molecule has 0 aromatic heterocycles. The van der Waals surface area contributed by atoms with Gasteiger partial charge in [-0.25, -0.2) is 13.1 Å². The molecular weight excluding hydrogens is 328 g/mol. The molecule has 2 atom stereocenters. The summed E-state index contributed by atoms with van der Waals surface area (Å²) in [5.41, 5.74) is 0. The van der Waals surface area contributed by atoms with Crippen LogP contribution in [0.5, 0.6) is 5.75 Å². The summed E-state index contributed by atoms with van der Waals surface area (Å²) in [5, 5.41) is 8.76. The number of rotatable bonds is 7. The van der Waals surface area contributed by atoms with Crippen LogP contribution in [0.4, 0.5) is 8.78 Å². The van der Waals surface area contributed by atoms with Crippen LogP contribution in [-0.4, -0.2) is 32.8 Å². The minimum absolute atomic E-state index is 0.175. The lowest BCUT2D eigenvalue weighted by Crippen LogP contribution is -2.38. The maximum absolute atomic E-state index is 12.1. The van der Waals surface area contributed by atoms with Gasteiger partial charge >= 0.3 is 6.61 Å². The van der Waals surface area contributed by atoms with Crippen molar-refractivity contribution >= 4 is 21.6 Å². The highest BCUT2D eigenvalue weighted by molar-refractivity contribution is 7.89. The van der Waals surface area contributed by atoms with Gasteiger partial charge in [0.25, 0.3) is 0 Å². The predicted molar refractivity (Wildman–Crippen MR) is 74.1 cm³/mol. The quantitative estimate of drug-likeness (QED) is 0.796. The van der Waals surface area contributed by atoms with E-state index in [1.165, 1.54) is 0 Å². The molecular formula is C12H16ClF2NO4S. The first-order chi connectivity index (χ1) is 9.67. The molecule has 0 aliphatic rings. The van der Waals surface area contributed by atoms with Crippen molar-refractivity contribution in [3.63, 3.8) is 0 Å². The highest BCUT2D eigenvalue weighted by Gasteiger charge is 2.22. The van der Waals surface area contributed by atoms with Gasteiger partial charge in [0.2, 0.25) is 10.0 Å². The number of hydrogen-bond acceptors (Lipinski definition) is 4. The minimum atomic E-state index is -3.87. The maximum Gasteiger partial charge on any atom is 0.387 e. The van der Waals surface area contributed by atoms with Crippen molar-refractivity contribution in [2.45, 2.75) is 31.4 Å². The molecule has 0 heterocycles. The monoisotopic (exact) mass is 343 g/mol. The molecule has 1 aromatic carbocycles. The number of sulfonamides is 1. The molecule has 21 heavy (non-hydrogen) atoms. The van der Waals surface area contributed by atoms with E-state index in [9.17, 15) is 17.2 Å². The fourth-order valence-electron chi connectivity index (χ4n) is 1.43. The molecule has 0 aliphatic heterocycles. The molecule has 0 spiro atoms. The van der Waals surface area contributed by atoms with Crippen molar-refractivity contribution in [1.82, 2.24) is 4.72 Å². The Morgan fingerprint density at radius 1 is 1.38 bits per heavy atom. The van der Waals surface area contributed by atoms with Gasteiger partial charge in [0.1, 0.15) is 5.75 Å². The van der Waals surface area contributed by atoms with E-state index in [0.29, 0.717) is 0 Å². The van der Waals surface area contributed by atoms with Gasteiger partial charge in [0, 0.05) is 12.6 Å². The largest absolute Gasteiger partial charge is 0.433 e. The summed E-state index contributed by atoms with van der Waals surface area (Å²) in [7, 11) is -3.87. The van der Waals surface area contributed by atoms with Gasteiger partial charge in [-0.3, -0.25) is 0 Å². The summed E-state index contributed by atoms with van der Waals surface area (Å²) in [5.74, 6) is -0.584. The second kappa shape index (κ2) is 7.35. The molecule has 0 saturated carbocycles. The summed E-state index contributed by atoms with van der Waals surface area (Å²) in [6.45, 7) is 0.0631. The maximum atomic E-state index is 12.1. The normalized spacial score (nSPS) is 15.0. The molecule has 1 rings (SSSR count). The zero-order valence-corrected chi connectivity index (χ0v) is 13.0. The second-order valence-electron chi connectivity index (χ2n) is 4.54. The number of aliphatic hydroxyl groups is 1. The Hall–Kier alpha value is -0.960. The topological polar surface area (TPSA) is 75.6 Å². The van der Waals surface area contributed by atoms with Crippen molar-refractivity contribution < 1.29 is 27.0 Å². The Labute approximate surface area is 126 Å². The van der Waals surface area contributed by atoms with Crippen LogP contribution in [0.3, 0.4) is 0 Å². The standard InChI is InChI=1S/C12H16ClF2NO4S/c1-7(6-17)8(2)16-21(18,19)9-3-4-11(10(13)5-9)20-12(14)15/h3-5,7-8,12,16-17H,6H2,1-2H3. The van der Waals surface area contributed by atoms with E-state index in [1.54, 1.807) is 13.8 Å². The molecule has 0 amide bonds. The van der Waals surface area contributed by atoms with E-state index in [4.69, 9.17) is 16.7 Å². The molecule has 0 bridgehead atoms. The molecule has 2 unspecified atom stereocenters. The lowest BCUT2D eigenvalue weighted by atomic mass is 10.1. The Kier molecular flexibility index (Phi) is 6.33. The van der Waals surface area contributed by atoms with Gasteiger partial charge in [-0.2, -0.15) is 8.78 Å². The van der Waals surface area contributed by atoms with Crippen molar-refractivity contribution in [2.24, 2.45) is 5.92 Å². The smallest absolute Gasteiger partial charge is 0.387 e. The van der Waals surface area contributed by atoms with Gasteiger partial charge in [0.15, 0.2) is 0 Å². The van der Waals surface area contributed by atoms with Gasteiger partial charge in [0.05, 0.1) is 9.92 Å². The summed E-state index contributed by atoms with van der Waals surface area (Å²) in [6.07, 6.45) is 0. The first kappa shape index (κ1) is 18.1. The van der Waals surface area contributed by atoms with Gasteiger partial charge in [-0.05, 0) is 31.0 Å². The SMILES string of the molecule is CC(CO)C(C)NS(=O)(=O)c1ccc(OC(F)F)c(Cl)c1. The van der Waals surface area contributed by atoms with Crippen LogP contribution in [0.1, 0.15) is 13.8 Å². The van der Waals surface area contributed by atoms with E-state index in [1.807, 2.05) is 0 Å². The van der Waals surface area contributed by atoms with E-state index >= 15 is 0 Å². The van der Waals surface area contributed by atoms with Crippen LogP contribution in [0.25, 0.3) is 0 Å². The third-order valence-corrected chi connectivity index (χ3v) is 4.76. The molecule has 5 nitrogen and oxygen atoms in total. The zero-order valence-electron chi connectivity index (χ0n) is 11.4. The van der Waals surface area contributed by atoms with Gasteiger partial charge in [-0.1, -0.05) is 18.5 Å². The average molecular weight is 344 g/mol. The van der Waals surface area contributed by atoms with Crippen molar-refractivity contribution in [3.8, 4) is 5.75 Å². The fraction of sp³-hybridized carbons (Fsp3) is 0.500. The third-order valence-electron chi connectivity index (χ3n) is 2.91. The number of alkyl halides is 2. The molecule has 0 aliphatic carbocycles. The second-order valence-corrected chi connectivity index (χ2v) is 6.66. The Balaban J connectivity index is 2.97. The summed E-state index contributed by atoms with van der Waals surface area (Å²) in [4.78, 5) is -0.175. The molecule has 0 fully saturated rings. The zero-order chi connectivity index (χ0) is 16.2. The Morgan fingerprint density at radius 2 is 2.00 bits per heavy atom. The molecule has 0 radical (unpaired) electrons. The van der Waals surface area contributed by atoms with E-state index in [2.05, 4.69) is 9.46 Å². The molecule has 2 N–H and O–H groups in total. The molecule has 9 heteroatoms. The van der Waals surface area contributed by atoms with Crippen molar-refractivity contribution in [3.05, 3.63) is 23.2 Å². The highest BCUT2D eigenvalue weighted by atomic mass is 35.5. The average Bonchev–Trinajstić information content (AvgIpc) is 2.38. The molecule has 0 saturated heterocycles. The van der Waals surface area contributed by atoms with E-state index in [0.717, 1.165) is 18.2 Å². The first-order valence-electron chi connectivity index (χ1n) is 6.05. The van der Waals surface area contributed by atoms with Gasteiger partial charge in [-0.15, -0.1) is 0 Å². The number of aliphatic hydroxyl groups excluding tert-OH is 1. The minimum Gasteiger partial charge on any atom is -0.433 e. The summed E-state index contributed by atoms with van der Waals surface area (Å²) in [6, 6.07) is 2.69. The molecule has 120 valence electrons. The Morgan fingerprint density at radius 3 is 2.48 bits per heavy atom. The lowest BCUT2D eigenvalue weighted by Gasteiger charge is -2.19. The predicted octanol–water partition coefficient (Wildman–Crippen LogP) is 2.24. The number of halogens is 3. The van der Waals surface area contributed by atoms with Crippen LogP contribution < -0.4 is 9.46 Å². The van der Waals surface area contributed by atoms with Crippen LogP contribution in [0.15, 0.2) is 23.1 Å². The van der Waals surface area contributed by atoms with E-state index < -0.39 is 22.7 Å². The summed E-state index contributed by atoms with van der Waals surface area (Å²) < 4.78 is 54.9. The number of hydrogen-bond donors (Lipinski definition) is 2. The van der Waals surface area contributed by atoms with Gasteiger partial charge < -0.3 is 9.84 Å². The fourth-order valence-corrected chi connectivity index (χ4v) is 3.10.